The first-order valence-corrected chi connectivity index (χ1v) is 6.02. The fraction of sp³-hybridized carbons (Fsp3) is 0.333. The summed E-state index contributed by atoms with van der Waals surface area (Å²) in [6, 6.07) is 5.68. The zero-order valence-electron chi connectivity index (χ0n) is 9.60. The second kappa shape index (κ2) is 5.27. The van der Waals surface area contributed by atoms with Crippen LogP contribution in [0.2, 0.25) is 5.02 Å². The second-order valence-electron chi connectivity index (χ2n) is 4.10. The van der Waals surface area contributed by atoms with Crippen molar-refractivity contribution in [2.75, 3.05) is 11.9 Å². The van der Waals surface area contributed by atoms with E-state index in [-0.39, 0.29) is 0 Å². The fourth-order valence-corrected chi connectivity index (χ4v) is 2.20. The topological polar surface area (TPSA) is 69.6 Å². The Balaban J connectivity index is 2.08. The fourth-order valence-electron chi connectivity index (χ4n) is 2.02. The molecule has 1 saturated heterocycles. The largest absolute Gasteiger partial charge is 0.480 e. The van der Waals surface area contributed by atoms with Gasteiger partial charge in [-0.2, -0.15) is 0 Å². The number of carbonyl (C=O) groups excluding carboxylic acids is 1. The molecule has 2 N–H and O–H groups in total. The Labute approximate surface area is 109 Å². The maximum absolute atomic E-state index is 12.0. The van der Waals surface area contributed by atoms with Gasteiger partial charge in [-0.05, 0) is 25.0 Å². The van der Waals surface area contributed by atoms with Crippen molar-refractivity contribution >= 4 is 29.3 Å². The minimum absolute atomic E-state index is 0.423. The number of hydrogen-bond acceptors (Lipinski definition) is 2. The van der Waals surface area contributed by atoms with Crippen LogP contribution >= 0.6 is 11.6 Å². The number of amides is 2. The molecule has 1 atom stereocenters. The van der Waals surface area contributed by atoms with Crippen LogP contribution in [-0.2, 0) is 4.79 Å². The summed E-state index contributed by atoms with van der Waals surface area (Å²) in [5.41, 5.74) is 0.486. The maximum atomic E-state index is 12.0. The molecule has 0 aromatic heterocycles. The number of carboxylic acid groups (broad SMARTS) is 1. The molecule has 1 aromatic carbocycles. The van der Waals surface area contributed by atoms with E-state index in [1.165, 1.54) is 4.90 Å². The highest BCUT2D eigenvalue weighted by atomic mass is 35.5. The molecule has 2 amide bonds. The average Bonchev–Trinajstić information content (AvgIpc) is 2.81. The van der Waals surface area contributed by atoms with Crippen LogP contribution in [0.25, 0.3) is 0 Å². The van der Waals surface area contributed by atoms with Crippen molar-refractivity contribution in [3.05, 3.63) is 29.3 Å². The number of aliphatic carboxylic acids is 1. The van der Waals surface area contributed by atoms with E-state index in [0.29, 0.717) is 30.1 Å². The molecule has 1 aliphatic heterocycles. The van der Waals surface area contributed by atoms with E-state index < -0.39 is 18.0 Å². The molecule has 2 rings (SSSR count). The van der Waals surface area contributed by atoms with Crippen molar-refractivity contribution in [2.24, 2.45) is 0 Å². The summed E-state index contributed by atoms with van der Waals surface area (Å²) in [5, 5.41) is 12.1. The highest BCUT2D eigenvalue weighted by Crippen LogP contribution is 2.23. The average molecular weight is 269 g/mol. The lowest BCUT2D eigenvalue weighted by molar-refractivity contribution is -0.141. The maximum Gasteiger partial charge on any atom is 0.326 e. The Bertz CT molecular complexity index is 478. The molecule has 1 aromatic rings. The van der Waals surface area contributed by atoms with Crippen LogP contribution in [0.1, 0.15) is 12.8 Å². The SMILES string of the molecule is O=C(O)C1CCCN1C(=O)Nc1ccccc1Cl. The zero-order chi connectivity index (χ0) is 13.1. The number of urea groups is 1. The number of halogens is 1. The lowest BCUT2D eigenvalue weighted by atomic mass is 10.2. The second-order valence-corrected chi connectivity index (χ2v) is 4.51. The Morgan fingerprint density at radius 3 is 2.78 bits per heavy atom. The highest BCUT2D eigenvalue weighted by molar-refractivity contribution is 6.33. The van der Waals surface area contributed by atoms with Gasteiger partial charge in [-0.15, -0.1) is 0 Å². The molecule has 5 nitrogen and oxygen atoms in total. The molecule has 1 fully saturated rings. The molecule has 96 valence electrons. The number of carbonyl (C=O) groups is 2. The van der Waals surface area contributed by atoms with Crippen LogP contribution in [0.5, 0.6) is 0 Å². The van der Waals surface area contributed by atoms with E-state index in [4.69, 9.17) is 16.7 Å². The van der Waals surface area contributed by atoms with Gasteiger partial charge in [-0.25, -0.2) is 9.59 Å². The van der Waals surface area contributed by atoms with Gasteiger partial charge >= 0.3 is 12.0 Å². The van der Waals surface area contributed by atoms with Gasteiger partial charge in [-0.1, -0.05) is 23.7 Å². The summed E-state index contributed by atoms with van der Waals surface area (Å²) < 4.78 is 0. The number of hydrogen-bond donors (Lipinski definition) is 2. The number of para-hydroxylation sites is 1. The van der Waals surface area contributed by atoms with Crippen LogP contribution in [-0.4, -0.2) is 34.6 Å². The van der Waals surface area contributed by atoms with Gasteiger partial charge in [0.2, 0.25) is 0 Å². The molecule has 1 heterocycles. The minimum Gasteiger partial charge on any atom is -0.480 e. The van der Waals surface area contributed by atoms with E-state index >= 15 is 0 Å². The first-order valence-electron chi connectivity index (χ1n) is 5.64. The van der Waals surface area contributed by atoms with Gasteiger partial charge in [0.15, 0.2) is 0 Å². The molecule has 0 aliphatic carbocycles. The lowest BCUT2D eigenvalue weighted by Crippen LogP contribution is -2.42. The predicted octanol–water partition coefficient (Wildman–Crippen LogP) is 2.42. The number of rotatable bonds is 2. The summed E-state index contributed by atoms with van der Waals surface area (Å²) >= 11 is 5.92. The number of nitrogens with one attached hydrogen (secondary N) is 1. The Morgan fingerprint density at radius 1 is 1.39 bits per heavy atom. The van der Waals surface area contributed by atoms with Crippen LogP contribution in [0.15, 0.2) is 24.3 Å². The van der Waals surface area contributed by atoms with Crippen LogP contribution in [0.4, 0.5) is 10.5 Å². The highest BCUT2D eigenvalue weighted by Gasteiger charge is 2.34. The van der Waals surface area contributed by atoms with Crippen LogP contribution < -0.4 is 5.32 Å². The number of benzene rings is 1. The van der Waals surface area contributed by atoms with Crippen molar-refractivity contribution in [1.29, 1.82) is 0 Å². The first kappa shape index (κ1) is 12.7. The van der Waals surface area contributed by atoms with Crippen molar-refractivity contribution in [3.8, 4) is 0 Å². The molecule has 0 saturated carbocycles. The van der Waals surface area contributed by atoms with E-state index in [1.807, 2.05) is 0 Å². The van der Waals surface area contributed by atoms with Crippen molar-refractivity contribution < 1.29 is 14.7 Å². The summed E-state index contributed by atoms with van der Waals surface area (Å²) in [4.78, 5) is 24.3. The van der Waals surface area contributed by atoms with Crippen LogP contribution in [0, 0.1) is 0 Å². The quantitative estimate of drug-likeness (QED) is 0.865. The smallest absolute Gasteiger partial charge is 0.326 e. The summed E-state index contributed by atoms with van der Waals surface area (Å²) in [5.74, 6) is -0.971. The third kappa shape index (κ3) is 2.56. The summed E-state index contributed by atoms with van der Waals surface area (Å²) in [6.45, 7) is 0.452. The van der Waals surface area contributed by atoms with Gasteiger partial charge in [0.25, 0.3) is 0 Å². The van der Waals surface area contributed by atoms with E-state index in [1.54, 1.807) is 24.3 Å². The number of carboxylic acids is 1. The van der Waals surface area contributed by atoms with Crippen molar-refractivity contribution in [3.63, 3.8) is 0 Å². The monoisotopic (exact) mass is 268 g/mol. The number of anilines is 1. The van der Waals surface area contributed by atoms with Crippen molar-refractivity contribution in [2.45, 2.75) is 18.9 Å². The molecule has 0 radical (unpaired) electrons. The molecular weight excluding hydrogens is 256 g/mol. The van der Waals surface area contributed by atoms with Gasteiger partial charge in [-0.3, -0.25) is 0 Å². The molecule has 0 bridgehead atoms. The molecule has 6 heteroatoms. The van der Waals surface area contributed by atoms with Gasteiger partial charge in [0.05, 0.1) is 10.7 Å². The summed E-state index contributed by atoms with van der Waals surface area (Å²) in [6.07, 6.45) is 1.19. The van der Waals surface area contributed by atoms with Crippen molar-refractivity contribution in [1.82, 2.24) is 4.90 Å². The standard InChI is InChI=1S/C12H13ClN2O3/c13-8-4-1-2-5-9(8)14-12(18)15-7-3-6-10(15)11(16)17/h1-2,4-5,10H,3,6-7H2,(H,14,18)(H,16,17). The molecular formula is C12H13ClN2O3. The molecule has 18 heavy (non-hydrogen) atoms. The van der Waals surface area contributed by atoms with E-state index in [2.05, 4.69) is 5.32 Å². The zero-order valence-corrected chi connectivity index (χ0v) is 10.4. The molecule has 1 aliphatic rings. The van der Waals surface area contributed by atoms with Gasteiger partial charge in [0, 0.05) is 6.54 Å². The number of likely N-dealkylation sites (tertiary alicyclic amines) is 1. The normalized spacial score (nSPS) is 18.7. The van der Waals surface area contributed by atoms with E-state index in [0.717, 1.165) is 0 Å². The first-order chi connectivity index (χ1) is 8.59. The van der Waals surface area contributed by atoms with Gasteiger partial charge in [0.1, 0.15) is 6.04 Å². The van der Waals surface area contributed by atoms with Crippen LogP contribution in [0.3, 0.4) is 0 Å². The number of nitrogens with zero attached hydrogens (tertiary/aromatic N) is 1. The Hall–Kier alpha value is -1.75. The third-order valence-corrected chi connectivity index (χ3v) is 3.24. The van der Waals surface area contributed by atoms with E-state index in [9.17, 15) is 9.59 Å². The summed E-state index contributed by atoms with van der Waals surface area (Å²) in [7, 11) is 0. The Kier molecular flexibility index (Phi) is 3.72. The van der Waals surface area contributed by atoms with Gasteiger partial charge < -0.3 is 15.3 Å². The molecule has 0 spiro atoms. The lowest BCUT2D eigenvalue weighted by Gasteiger charge is -2.22. The molecule has 1 unspecified atom stereocenters. The Morgan fingerprint density at radius 2 is 2.11 bits per heavy atom. The minimum atomic E-state index is -0.971. The predicted molar refractivity (Wildman–Crippen MR) is 67.8 cm³/mol. The third-order valence-electron chi connectivity index (χ3n) is 2.91.